The van der Waals surface area contributed by atoms with Gasteiger partial charge in [-0.25, -0.2) is 4.98 Å². The van der Waals surface area contributed by atoms with E-state index < -0.39 is 0 Å². The largest absolute Gasteiger partial charge is 0.324 e. The highest BCUT2D eigenvalue weighted by molar-refractivity contribution is 5.92. The van der Waals surface area contributed by atoms with Crippen molar-refractivity contribution in [1.82, 2.24) is 4.98 Å². The Labute approximate surface area is 94.3 Å². The third kappa shape index (κ3) is 2.37. The average Bonchev–Trinajstić information content (AvgIpc) is 2.83. The first kappa shape index (κ1) is 10.6. The molecule has 1 aromatic rings. The van der Waals surface area contributed by atoms with Crippen LogP contribution in [0.25, 0.3) is 0 Å². The molecule has 1 N–H and O–H groups in total. The first-order valence-electron chi connectivity index (χ1n) is 5.46. The molecule has 1 heterocycles. The molecule has 1 amide bonds. The van der Waals surface area contributed by atoms with Gasteiger partial charge in [0.15, 0.2) is 0 Å². The number of hydrogen-bond donors (Lipinski definition) is 1. The Hall–Kier alpha value is -1.89. The Morgan fingerprint density at radius 3 is 2.75 bits per heavy atom. The number of rotatable bonds is 2. The Kier molecular flexibility index (Phi) is 3.16. The molecule has 0 bridgehead atoms. The third-order valence-electron chi connectivity index (χ3n) is 2.87. The van der Waals surface area contributed by atoms with Gasteiger partial charge in [0.1, 0.15) is 11.8 Å². The molecule has 82 valence electrons. The summed E-state index contributed by atoms with van der Waals surface area (Å²) in [5.41, 5.74) is 1.02. The summed E-state index contributed by atoms with van der Waals surface area (Å²) in [5, 5.41) is 11.4. The van der Waals surface area contributed by atoms with Crippen LogP contribution in [0.1, 0.15) is 31.4 Å². The molecule has 0 radical (unpaired) electrons. The molecule has 1 saturated carbocycles. The van der Waals surface area contributed by atoms with Crippen molar-refractivity contribution in [3.63, 3.8) is 0 Å². The Bertz CT molecular complexity index is 413. The predicted octanol–water partition coefficient (Wildman–Crippen LogP) is 2.08. The highest BCUT2D eigenvalue weighted by Crippen LogP contribution is 2.25. The Morgan fingerprint density at radius 2 is 2.19 bits per heavy atom. The van der Waals surface area contributed by atoms with E-state index in [4.69, 9.17) is 5.26 Å². The topological polar surface area (TPSA) is 65.8 Å². The summed E-state index contributed by atoms with van der Waals surface area (Å²) in [4.78, 5) is 15.7. The second-order valence-electron chi connectivity index (χ2n) is 4.01. The second-order valence-corrected chi connectivity index (χ2v) is 4.01. The fraction of sp³-hybridized carbons (Fsp3) is 0.417. The lowest BCUT2D eigenvalue weighted by Crippen LogP contribution is -2.20. The fourth-order valence-electron chi connectivity index (χ4n) is 1.97. The lowest BCUT2D eigenvalue weighted by atomic mass is 10.1. The van der Waals surface area contributed by atoms with E-state index in [0.29, 0.717) is 11.4 Å². The van der Waals surface area contributed by atoms with Gasteiger partial charge in [-0.1, -0.05) is 12.8 Å². The van der Waals surface area contributed by atoms with Gasteiger partial charge in [-0.05, 0) is 25.0 Å². The molecule has 0 saturated heterocycles. The van der Waals surface area contributed by atoms with E-state index >= 15 is 0 Å². The van der Waals surface area contributed by atoms with E-state index in [1.165, 1.54) is 6.20 Å². The minimum absolute atomic E-state index is 0.0732. The van der Waals surface area contributed by atoms with Crippen LogP contribution in [0, 0.1) is 17.2 Å². The molecule has 1 aromatic heterocycles. The van der Waals surface area contributed by atoms with Crippen LogP contribution in [0.4, 0.5) is 5.69 Å². The van der Waals surface area contributed by atoms with Crippen molar-refractivity contribution < 1.29 is 4.79 Å². The van der Waals surface area contributed by atoms with Gasteiger partial charge in [-0.15, -0.1) is 0 Å². The molecular formula is C12H13N3O. The van der Waals surface area contributed by atoms with Crippen molar-refractivity contribution in [2.45, 2.75) is 25.7 Å². The molecule has 0 spiro atoms. The van der Waals surface area contributed by atoms with Crippen LogP contribution in [-0.4, -0.2) is 10.9 Å². The molecular weight excluding hydrogens is 202 g/mol. The average molecular weight is 215 g/mol. The number of amides is 1. The SMILES string of the molecule is N#Cc1ccc(NC(=O)C2CCCC2)cn1. The molecule has 0 aromatic carbocycles. The quantitative estimate of drug-likeness (QED) is 0.821. The molecule has 1 aliphatic rings. The molecule has 16 heavy (non-hydrogen) atoms. The summed E-state index contributed by atoms with van der Waals surface area (Å²) >= 11 is 0. The van der Waals surface area contributed by atoms with Crippen LogP contribution >= 0.6 is 0 Å². The lowest BCUT2D eigenvalue weighted by molar-refractivity contribution is -0.119. The van der Waals surface area contributed by atoms with Crippen molar-refractivity contribution in [1.29, 1.82) is 5.26 Å². The zero-order valence-corrected chi connectivity index (χ0v) is 8.94. The van der Waals surface area contributed by atoms with Gasteiger partial charge < -0.3 is 5.32 Å². The van der Waals surface area contributed by atoms with E-state index in [-0.39, 0.29) is 11.8 Å². The van der Waals surface area contributed by atoms with Gasteiger partial charge in [-0.2, -0.15) is 5.26 Å². The van der Waals surface area contributed by atoms with Crippen LogP contribution in [0.15, 0.2) is 18.3 Å². The van der Waals surface area contributed by atoms with Gasteiger partial charge in [0.05, 0.1) is 11.9 Å². The van der Waals surface area contributed by atoms with Gasteiger partial charge in [-0.3, -0.25) is 4.79 Å². The van der Waals surface area contributed by atoms with Crippen LogP contribution in [0.5, 0.6) is 0 Å². The van der Waals surface area contributed by atoms with E-state index in [9.17, 15) is 4.79 Å². The molecule has 4 heteroatoms. The summed E-state index contributed by atoms with van der Waals surface area (Å²) in [5.74, 6) is 0.222. The van der Waals surface area contributed by atoms with Crippen molar-refractivity contribution >= 4 is 11.6 Å². The summed E-state index contributed by atoms with van der Waals surface area (Å²) in [6.45, 7) is 0. The third-order valence-corrected chi connectivity index (χ3v) is 2.87. The van der Waals surface area contributed by atoms with E-state index in [1.54, 1.807) is 12.1 Å². The zero-order valence-electron chi connectivity index (χ0n) is 8.94. The summed E-state index contributed by atoms with van der Waals surface area (Å²) in [7, 11) is 0. The van der Waals surface area contributed by atoms with Crippen molar-refractivity contribution in [2.24, 2.45) is 5.92 Å². The van der Waals surface area contributed by atoms with Crippen LogP contribution in [0.3, 0.4) is 0 Å². The molecule has 2 rings (SSSR count). The van der Waals surface area contributed by atoms with Crippen molar-refractivity contribution in [3.8, 4) is 6.07 Å². The standard InChI is InChI=1S/C12H13N3O/c13-7-10-5-6-11(8-14-10)15-12(16)9-3-1-2-4-9/h5-6,8-9H,1-4H2,(H,15,16). The minimum Gasteiger partial charge on any atom is -0.324 e. The summed E-state index contributed by atoms with van der Waals surface area (Å²) < 4.78 is 0. The van der Waals surface area contributed by atoms with E-state index in [0.717, 1.165) is 25.7 Å². The van der Waals surface area contributed by atoms with Gasteiger partial charge in [0.25, 0.3) is 0 Å². The molecule has 0 atom stereocenters. The lowest BCUT2D eigenvalue weighted by Gasteiger charge is -2.09. The number of nitrogens with one attached hydrogen (secondary N) is 1. The smallest absolute Gasteiger partial charge is 0.227 e. The Morgan fingerprint density at radius 1 is 1.44 bits per heavy atom. The first-order valence-corrected chi connectivity index (χ1v) is 5.46. The molecule has 0 unspecified atom stereocenters. The number of carbonyl (C=O) groups excluding carboxylic acids is 1. The minimum atomic E-state index is 0.0732. The maximum Gasteiger partial charge on any atom is 0.227 e. The van der Waals surface area contributed by atoms with Crippen molar-refractivity contribution in [2.75, 3.05) is 5.32 Å². The first-order chi connectivity index (χ1) is 7.79. The highest BCUT2D eigenvalue weighted by Gasteiger charge is 2.22. The molecule has 1 fully saturated rings. The normalized spacial score (nSPS) is 15.7. The van der Waals surface area contributed by atoms with E-state index in [2.05, 4.69) is 10.3 Å². The van der Waals surface area contributed by atoms with Gasteiger partial charge in [0, 0.05) is 5.92 Å². The number of anilines is 1. The summed E-state index contributed by atoms with van der Waals surface area (Å²) in [6, 6.07) is 5.25. The predicted molar refractivity (Wildman–Crippen MR) is 59.5 cm³/mol. The number of pyridine rings is 1. The molecule has 4 nitrogen and oxygen atoms in total. The molecule has 1 aliphatic carbocycles. The number of nitrogens with zero attached hydrogens (tertiary/aromatic N) is 2. The number of carbonyl (C=O) groups is 1. The fourth-order valence-corrected chi connectivity index (χ4v) is 1.97. The highest BCUT2D eigenvalue weighted by atomic mass is 16.1. The number of nitriles is 1. The van der Waals surface area contributed by atoms with E-state index in [1.807, 2.05) is 6.07 Å². The van der Waals surface area contributed by atoms with Crippen LogP contribution in [0.2, 0.25) is 0 Å². The van der Waals surface area contributed by atoms with Crippen LogP contribution in [-0.2, 0) is 4.79 Å². The van der Waals surface area contributed by atoms with Crippen molar-refractivity contribution in [3.05, 3.63) is 24.0 Å². The number of aromatic nitrogens is 1. The second kappa shape index (κ2) is 4.75. The molecule has 0 aliphatic heterocycles. The zero-order chi connectivity index (χ0) is 11.4. The monoisotopic (exact) mass is 215 g/mol. The van der Waals surface area contributed by atoms with Crippen LogP contribution < -0.4 is 5.32 Å². The summed E-state index contributed by atoms with van der Waals surface area (Å²) in [6.07, 6.45) is 5.77. The van der Waals surface area contributed by atoms with Gasteiger partial charge >= 0.3 is 0 Å². The maximum atomic E-state index is 11.8. The maximum absolute atomic E-state index is 11.8. The Balaban J connectivity index is 1.98. The van der Waals surface area contributed by atoms with Gasteiger partial charge in [0.2, 0.25) is 5.91 Å². The number of hydrogen-bond acceptors (Lipinski definition) is 3.